The van der Waals surface area contributed by atoms with E-state index in [2.05, 4.69) is 11.8 Å². The van der Waals surface area contributed by atoms with Crippen molar-refractivity contribution in [2.45, 2.75) is 37.1 Å². The molecule has 1 aromatic carbocycles. The number of rotatable bonds is 3. The molecule has 1 atom stereocenters. The molecule has 108 valence electrons. The van der Waals surface area contributed by atoms with Crippen LogP contribution < -0.4 is 0 Å². The summed E-state index contributed by atoms with van der Waals surface area (Å²) in [5.41, 5.74) is 0.659. The first-order chi connectivity index (χ1) is 9.55. The minimum absolute atomic E-state index is 0.0102. The Morgan fingerprint density at radius 2 is 2.25 bits per heavy atom. The lowest BCUT2D eigenvalue weighted by Crippen LogP contribution is -2.33. The Morgan fingerprint density at radius 1 is 1.45 bits per heavy atom. The molecular formula is C15H19NO3S. The van der Waals surface area contributed by atoms with Crippen LogP contribution in [0.15, 0.2) is 29.2 Å². The molecule has 1 aromatic rings. The van der Waals surface area contributed by atoms with Crippen LogP contribution in [0.1, 0.15) is 31.7 Å². The second kappa shape index (κ2) is 6.40. The van der Waals surface area contributed by atoms with E-state index >= 15 is 0 Å². The third kappa shape index (κ3) is 3.21. The summed E-state index contributed by atoms with van der Waals surface area (Å²) in [6.07, 6.45) is 2.21. The number of hydrogen-bond donors (Lipinski definition) is 1. The monoisotopic (exact) mass is 293 g/mol. The second-order valence-corrected chi connectivity index (χ2v) is 6.80. The summed E-state index contributed by atoms with van der Waals surface area (Å²) in [4.78, 5) is 0.294. The molecule has 1 aliphatic rings. The molecule has 0 aromatic heterocycles. The highest BCUT2D eigenvalue weighted by molar-refractivity contribution is 7.89. The van der Waals surface area contributed by atoms with Gasteiger partial charge in [0.15, 0.2) is 0 Å². The van der Waals surface area contributed by atoms with Gasteiger partial charge in [-0.05, 0) is 38.0 Å². The highest BCUT2D eigenvalue weighted by Gasteiger charge is 2.32. The zero-order valence-corrected chi connectivity index (χ0v) is 12.4. The minimum atomic E-state index is -3.42. The Hall–Kier alpha value is -1.35. The van der Waals surface area contributed by atoms with Crippen LogP contribution in [0, 0.1) is 11.8 Å². The fourth-order valence-electron chi connectivity index (χ4n) is 2.35. The number of aliphatic hydroxyl groups is 1. The molecule has 1 aliphatic heterocycles. The molecule has 2 rings (SSSR count). The molecule has 1 N–H and O–H groups in total. The molecule has 0 spiro atoms. The van der Waals surface area contributed by atoms with Crippen LogP contribution >= 0.6 is 0 Å². The fourth-order valence-corrected chi connectivity index (χ4v) is 4.10. The first-order valence-electron chi connectivity index (χ1n) is 6.77. The molecule has 1 saturated heterocycles. The summed E-state index contributed by atoms with van der Waals surface area (Å²) in [7, 11) is -3.42. The van der Waals surface area contributed by atoms with Crippen molar-refractivity contribution in [3.05, 3.63) is 29.8 Å². The van der Waals surface area contributed by atoms with Crippen molar-refractivity contribution < 1.29 is 13.5 Å². The van der Waals surface area contributed by atoms with Crippen LogP contribution in [0.4, 0.5) is 0 Å². The average molecular weight is 293 g/mol. The van der Waals surface area contributed by atoms with E-state index < -0.39 is 10.0 Å². The van der Waals surface area contributed by atoms with Crippen molar-refractivity contribution in [2.75, 3.05) is 13.2 Å². The van der Waals surface area contributed by atoms with E-state index in [-0.39, 0.29) is 12.6 Å². The maximum atomic E-state index is 12.6. The molecule has 5 heteroatoms. The summed E-state index contributed by atoms with van der Waals surface area (Å²) in [6, 6.07) is 6.75. The van der Waals surface area contributed by atoms with Gasteiger partial charge >= 0.3 is 0 Å². The van der Waals surface area contributed by atoms with Crippen molar-refractivity contribution in [3.8, 4) is 11.8 Å². The normalized spacial score (nSPS) is 19.6. The van der Waals surface area contributed by atoms with Crippen molar-refractivity contribution >= 4 is 10.0 Å². The van der Waals surface area contributed by atoms with Crippen LogP contribution in [-0.4, -0.2) is 37.0 Å². The van der Waals surface area contributed by atoms with Crippen molar-refractivity contribution in [2.24, 2.45) is 0 Å². The molecule has 0 radical (unpaired) electrons. The first-order valence-corrected chi connectivity index (χ1v) is 8.21. The molecule has 1 heterocycles. The van der Waals surface area contributed by atoms with Crippen LogP contribution in [0.3, 0.4) is 0 Å². The quantitative estimate of drug-likeness (QED) is 0.861. The van der Waals surface area contributed by atoms with E-state index in [1.807, 2.05) is 6.92 Å². The smallest absolute Gasteiger partial charge is 0.243 e. The summed E-state index contributed by atoms with van der Waals surface area (Å²) in [6.45, 7) is 2.54. The topological polar surface area (TPSA) is 57.6 Å². The van der Waals surface area contributed by atoms with Gasteiger partial charge in [-0.15, -0.1) is 0 Å². The Bertz CT molecular complexity index is 628. The molecule has 0 bridgehead atoms. The van der Waals surface area contributed by atoms with Gasteiger partial charge in [-0.2, -0.15) is 4.31 Å². The van der Waals surface area contributed by atoms with E-state index in [9.17, 15) is 8.42 Å². The van der Waals surface area contributed by atoms with Crippen LogP contribution in [0.5, 0.6) is 0 Å². The van der Waals surface area contributed by atoms with Crippen molar-refractivity contribution in [1.29, 1.82) is 0 Å². The van der Waals surface area contributed by atoms with E-state index in [0.29, 0.717) is 23.4 Å². The highest BCUT2D eigenvalue weighted by atomic mass is 32.2. The third-order valence-corrected chi connectivity index (χ3v) is 5.41. The predicted molar refractivity (Wildman–Crippen MR) is 77.6 cm³/mol. The number of aliphatic hydroxyl groups excluding tert-OH is 1. The van der Waals surface area contributed by atoms with E-state index in [1.165, 1.54) is 0 Å². The fraction of sp³-hybridized carbons (Fsp3) is 0.467. The zero-order valence-electron chi connectivity index (χ0n) is 11.5. The van der Waals surface area contributed by atoms with Gasteiger partial charge in [0, 0.05) is 24.6 Å². The zero-order chi connectivity index (χ0) is 14.6. The Kier molecular flexibility index (Phi) is 4.81. The van der Waals surface area contributed by atoms with Crippen molar-refractivity contribution in [3.63, 3.8) is 0 Å². The van der Waals surface area contributed by atoms with Crippen LogP contribution in [-0.2, 0) is 10.0 Å². The molecule has 20 heavy (non-hydrogen) atoms. The van der Waals surface area contributed by atoms with Gasteiger partial charge in [0.05, 0.1) is 11.5 Å². The number of sulfonamides is 1. The van der Waals surface area contributed by atoms with Gasteiger partial charge in [-0.25, -0.2) is 8.42 Å². The Balaban J connectivity index is 2.29. The molecule has 0 saturated carbocycles. The first kappa shape index (κ1) is 15.0. The highest BCUT2D eigenvalue weighted by Crippen LogP contribution is 2.25. The second-order valence-electron chi connectivity index (χ2n) is 4.91. The van der Waals surface area contributed by atoms with Crippen LogP contribution in [0.25, 0.3) is 0 Å². The van der Waals surface area contributed by atoms with E-state index in [4.69, 9.17) is 5.11 Å². The molecule has 1 fully saturated rings. The Morgan fingerprint density at radius 3 is 2.90 bits per heavy atom. The number of nitrogens with zero attached hydrogens (tertiary/aromatic N) is 1. The molecular weight excluding hydrogens is 274 g/mol. The summed E-state index contributed by atoms with van der Waals surface area (Å²) in [5.74, 6) is 5.67. The molecule has 1 unspecified atom stereocenters. The van der Waals surface area contributed by atoms with Crippen LogP contribution in [0.2, 0.25) is 0 Å². The maximum Gasteiger partial charge on any atom is 0.243 e. The summed E-state index contributed by atoms with van der Waals surface area (Å²) >= 11 is 0. The molecule has 4 nitrogen and oxygen atoms in total. The standard InChI is InChI=1S/C15H19NO3S/c1-13-6-5-10-16(13)20(18,19)15-9-4-8-14(12-15)7-2-3-11-17/h4,8-9,12-13,17H,3,5-6,10-11H2,1H3. The van der Waals surface area contributed by atoms with E-state index in [1.54, 1.807) is 28.6 Å². The maximum absolute atomic E-state index is 12.6. The lowest BCUT2D eigenvalue weighted by atomic mass is 10.2. The van der Waals surface area contributed by atoms with Gasteiger partial charge in [-0.1, -0.05) is 17.9 Å². The Labute approximate surface area is 120 Å². The van der Waals surface area contributed by atoms with Crippen molar-refractivity contribution in [1.82, 2.24) is 4.31 Å². The average Bonchev–Trinajstić information content (AvgIpc) is 2.86. The summed E-state index contributed by atoms with van der Waals surface area (Å²) in [5, 5.41) is 8.70. The third-order valence-electron chi connectivity index (χ3n) is 3.40. The van der Waals surface area contributed by atoms with Gasteiger partial charge < -0.3 is 5.11 Å². The van der Waals surface area contributed by atoms with Gasteiger partial charge in [-0.3, -0.25) is 0 Å². The lowest BCUT2D eigenvalue weighted by molar-refractivity contribution is 0.305. The SMILES string of the molecule is CC1CCCN1S(=O)(=O)c1cccc(C#CCCO)c1. The van der Waals surface area contributed by atoms with E-state index in [0.717, 1.165) is 12.8 Å². The predicted octanol–water partition coefficient (Wildman–Crippen LogP) is 1.59. The minimum Gasteiger partial charge on any atom is -0.395 e. The lowest BCUT2D eigenvalue weighted by Gasteiger charge is -2.20. The van der Waals surface area contributed by atoms with Gasteiger partial charge in [0.25, 0.3) is 0 Å². The van der Waals surface area contributed by atoms with Gasteiger partial charge in [0.1, 0.15) is 0 Å². The molecule has 0 amide bonds. The summed E-state index contributed by atoms with van der Waals surface area (Å²) < 4.78 is 26.7. The largest absolute Gasteiger partial charge is 0.395 e. The number of benzene rings is 1. The van der Waals surface area contributed by atoms with Gasteiger partial charge in [0.2, 0.25) is 10.0 Å². The molecule has 0 aliphatic carbocycles. The number of hydrogen-bond acceptors (Lipinski definition) is 3.